The van der Waals surface area contributed by atoms with E-state index in [0.29, 0.717) is 17.6 Å². The normalized spacial score (nSPS) is 21.6. The first-order chi connectivity index (χ1) is 8.74. The molecular formula is C15H15FN2. The number of rotatable bonds is 3. The van der Waals surface area contributed by atoms with E-state index < -0.39 is 0 Å². The molecular weight excluding hydrogens is 227 g/mol. The van der Waals surface area contributed by atoms with Crippen LogP contribution in [-0.2, 0) is 0 Å². The standard InChI is InChI=1S/C15H15FN2/c16-11-6-7-14(13(17)8-11)18-15-9-12(15)10-4-2-1-3-5-10/h1-8,12,15,18H,9,17H2. The second-order valence-electron chi connectivity index (χ2n) is 4.74. The van der Waals surface area contributed by atoms with Gasteiger partial charge in [-0.3, -0.25) is 0 Å². The number of benzene rings is 2. The van der Waals surface area contributed by atoms with E-state index in [2.05, 4.69) is 29.6 Å². The summed E-state index contributed by atoms with van der Waals surface area (Å²) in [6.07, 6.45) is 1.10. The lowest BCUT2D eigenvalue weighted by Crippen LogP contribution is -2.06. The van der Waals surface area contributed by atoms with Crippen molar-refractivity contribution in [1.29, 1.82) is 0 Å². The molecule has 1 fully saturated rings. The van der Waals surface area contributed by atoms with E-state index in [9.17, 15) is 4.39 Å². The topological polar surface area (TPSA) is 38.0 Å². The van der Waals surface area contributed by atoms with Crippen molar-refractivity contribution in [2.45, 2.75) is 18.4 Å². The lowest BCUT2D eigenvalue weighted by Gasteiger charge is -2.09. The first kappa shape index (κ1) is 11.1. The van der Waals surface area contributed by atoms with Crippen LogP contribution in [0.5, 0.6) is 0 Å². The molecule has 0 amide bonds. The number of halogens is 1. The third kappa shape index (κ3) is 2.16. The summed E-state index contributed by atoms with van der Waals surface area (Å²) in [6.45, 7) is 0. The van der Waals surface area contributed by atoms with Gasteiger partial charge in [0.2, 0.25) is 0 Å². The summed E-state index contributed by atoms with van der Waals surface area (Å²) < 4.78 is 12.9. The fourth-order valence-electron chi connectivity index (χ4n) is 2.29. The Morgan fingerprint density at radius 1 is 1.11 bits per heavy atom. The maximum Gasteiger partial charge on any atom is 0.125 e. The van der Waals surface area contributed by atoms with Crippen molar-refractivity contribution >= 4 is 11.4 Å². The van der Waals surface area contributed by atoms with Crippen molar-refractivity contribution in [1.82, 2.24) is 0 Å². The van der Waals surface area contributed by atoms with Crippen LogP contribution in [0.2, 0.25) is 0 Å². The van der Waals surface area contributed by atoms with Gasteiger partial charge in [0.15, 0.2) is 0 Å². The maximum atomic E-state index is 12.9. The highest BCUT2D eigenvalue weighted by atomic mass is 19.1. The Balaban J connectivity index is 1.69. The molecule has 0 aliphatic heterocycles. The number of anilines is 2. The third-order valence-corrected chi connectivity index (χ3v) is 3.37. The minimum Gasteiger partial charge on any atom is -0.397 e. The molecule has 0 bridgehead atoms. The van der Waals surface area contributed by atoms with Gasteiger partial charge in [-0.05, 0) is 30.2 Å². The van der Waals surface area contributed by atoms with Gasteiger partial charge in [-0.25, -0.2) is 4.39 Å². The van der Waals surface area contributed by atoms with E-state index in [1.807, 2.05) is 6.07 Å². The lowest BCUT2D eigenvalue weighted by molar-refractivity contribution is 0.628. The van der Waals surface area contributed by atoms with Crippen molar-refractivity contribution < 1.29 is 4.39 Å². The van der Waals surface area contributed by atoms with Crippen LogP contribution in [0.3, 0.4) is 0 Å². The van der Waals surface area contributed by atoms with E-state index >= 15 is 0 Å². The van der Waals surface area contributed by atoms with Crippen LogP contribution < -0.4 is 11.1 Å². The Labute approximate surface area is 106 Å². The fraction of sp³-hybridized carbons (Fsp3) is 0.200. The van der Waals surface area contributed by atoms with Gasteiger partial charge in [0.1, 0.15) is 5.82 Å². The molecule has 3 heteroatoms. The molecule has 0 aromatic heterocycles. The Hall–Kier alpha value is -2.03. The quantitative estimate of drug-likeness (QED) is 0.810. The first-order valence-corrected chi connectivity index (χ1v) is 6.10. The monoisotopic (exact) mass is 242 g/mol. The zero-order chi connectivity index (χ0) is 12.5. The molecule has 0 spiro atoms. The molecule has 3 N–H and O–H groups in total. The van der Waals surface area contributed by atoms with Crippen molar-refractivity contribution in [2.75, 3.05) is 11.1 Å². The largest absolute Gasteiger partial charge is 0.397 e. The SMILES string of the molecule is Nc1cc(F)ccc1NC1CC1c1ccccc1. The average molecular weight is 242 g/mol. The molecule has 2 unspecified atom stereocenters. The van der Waals surface area contributed by atoms with E-state index in [-0.39, 0.29) is 5.82 Å². The van der Waals surface area contributed by atoms with Crippen molar-refractivity contribution in [3.8, 4) is 0 Å². The number of nitrogens with two attached hydrogens (primary N) is 1. The molecule has 18 heavy (non-hydrogen) atoms. The molecule has 2 aromatic carbocycles. The predicted molar refractivity (Wildman–Crippen MR) is 72.0 cm³/mol. The molecule has 0 saturated heterocycles. The van der Waals surface area contributed by atoms with Crippen LogP contribution in [0, 0.1) is 5.82 Å². The fourth-order valence-corrected chi connectivity index (χ4v) is 2.29. The van der Waals surface area contributed by atoms with Gasteiger partial charge < -0.3 is 11.1 Å². The minimum atomic E-state index is -0.298. The van der Waals surface area contributed by atoms with Crippen LogP contribution >= 0.6 is 0 Å². The Morgan fingerprint density at radius 3 is 2.61 bits per heavy atom. The summed E-state index contributed by atoms with van der Waals surface area (Å²) in [5.41, 5.74) is 8.41. The van der Waals surface area contributed by atoms with E-state index in [1.165, 1.54) is 17.7 Å². The smallest absolute Gasteiger partial charge is 0.125 e. The average Bonchev–Trinajstić information content (AvgIpc) is 3.13. The third-order valence-electron chi connectivity index (χ3n) is 3.37. The number of nitrogens with one attached hydrogen (secondary N) is 1. The summed E-state index contributed by atoms with van der Waals surface area (Å²) in [4.78, 5) is 0. The van der Waals surface area contributed by atoms with Crippen LogP contribution in [0.4, 0.5) is 15.8 Å². The summed E-state index contributed by atoms with van der Waals surface area (Å²) in [7, 11) is 0. The summed E-state index contributed by atoms with van der Waals surface area (Å²) in [5, 5.41) is 3.37. The zero-order valence-corrected chi connectivity index (χ0v) is 9.94. The second kappa shape index (κ2) is 4.33. The maximum absolute atomic E-state index is 12.9. The van der Waals surface area contributed by atoms with Crippen molar-refractivity contribution in [3.05, 3.63) is 59.9 Å². The lowest BCUT2D eigenvalue weighted by atomic mass is 10.1. The molecule has 2 aromatic rings. The zero-order valence-electron chi connectivity index (χ0n) is 9.94. The summed E-state index contributed by atoms with van der Waals surface area (Å²) in [5.74, 6) is 0.240. The number of nitrogen functional groups attached to an aromatic ring is 1. The number of hydrogen-bond acceptors (Lipinski definition) is 2. The van der Waals surface area contributed by atoms with Gasteiger partial charge in [-0.2, -0.15) is 0 Å². The van der Waals surface area contributed by atoms with Gasteiger partial charge in [-0.1, -0.05) is 30.3 Å². The van der Waals surface area contributed by atoms with E-state index in [0.717, 1.165) is 12.1 Å². The summed E-state index contributed by atoms with van der Waals surface area (Å²) in [6, 6.07) is 15.3. The van der Waals surface area contributed by atoms with Gasteiger partial charge >= 0.3 is 0 Å². The van der Waals surface area contributed by atoms with Crippen LogP contribution in [0.15, 0.2) is 48.5 Å². The van der Waals surface area contributed by atoms with Gasteiger partial charge in [-0.15, -0.1) is 0 Å². The molecule has 1 saturated carbocycles. The first-order valence-electron chi connectivity index (χ1n) is 6.10. The Kier molecular flexibility index (Phi) is 2.67. The van der Waals surface area contributed by atoms with Crippen LogP contribution in [-0.4, -0.2) is 6.04 Å². The Bertz CT molecular complexity index is 554. The van der Waals surface area contributed by atoms with Crippen molar-refractivity contribution in [2.24, 2.45) is 0 Å². The number of hydrogen-bond donors (Lipinski definition) is 2. The summed E-state index contributed by atoms with van der Waals surface area (Å²) >= 11 is 0. The van der Waals surface area contributed by atoms with Gasteiger partial charge in [0.25, 0.3) is 0 Å². The van der Waals surface area contributed by atoms with Gasteiger partial charge in [0, 0.05) is 12.0 Å². The molecule has 1 aliphatic carbocycles. The second-order valence-corrected chi connectivity index (χ2v) is 4.74. The van der Waals surface area contributed by atoms with E-state index in [1.54, 1.807) is 6.07 Å². The van der Waals surface area contributed by atoms with Crippen molar-refractivity contribution in [3.63, 3.8) is 0 Å². The van der Waals surface area contributed by atoms with Gasteiger partial charge in [0.05, 0.1) is 11.4 Å². The highest BCUT2D eigenvalue weighted by Crippen LogP contribution is 2.43. The molecule has 2 atom stereocenters. The molecule has 3 rings (SSSR count). The predicted octanol–water partition coefficient (Wildman–Crippen LogP) is 3.38. The molecule has 2 nitrogen and oxygen atoms in total. The van der Waals surface area contributed by atoms with Crippen LogP contribution in [0.25, 0.3) is 0 Å². The highest BCUT2D eigenvalue weighted by molar-refractivity contribution is 5.67. The molecule has 0 radical (unpaired) electrons. The molecule has 0 heterocycles. The van der Waals surface area contributed by atoms with Crippen LogP contribution in [0.1, 0.15) is 17.9 Å². The molecule has 1 aliphatic rings. The Morgan fingerprint density at radius 2 is 1.89 bits per heavy atom. The van der Waals surface area contributed by atoms with E-state index in [4.69, 9.17) is 5.73 Å². The minimum absolute atomic E-state index is 0.298. The molecule has 92 valence electrons. The highest BCUT2D eigenvalue weighted by Gasteiger charge is 2.38.